The van der Waals surface area contributed by atoms with E-state index in [4.69, 9.17) is 9.15 Å². The van der Waals surface area contributed by atoms with Crippen molar-refractivity contribution in [2.45, 2.75) is 24.4 Å². The highest BCUT2D eigenvalue weighted by Gasteiger charge is 2.17. The van der Waals surface area contributed by atoms with Gasteiger partial charge in [0, 0.05) is 11.3 Å². The minimum absolute atomic E-state index is 0.647. The van der Waals surface area contributed by atoms with Crippen molar-refractivity contribution in [2.75, 3.05) is 6.61 Å². The fourth-order valence-corrected chi connectivity index (χ4v) is 3.88. The number of para-hydroxylation sites is 1. The molecule has 0 aliphatic carbocycles. The molecule has 4 aromatic rings. The Labute approximate surface area is 168 Å². The van der Waals surface area contributed by atoms with Crippen LogP contribution in [0.4, 0.5) is 0 Å². The van der Waals surface area contributed by atoms with Crippen LogP contribution >= 0.6 is 11.8 Å². The zero-order valence-electron chi connectivity index (χ0n) is 15.6. The van der Waals surface area contributed by atoms with Crippen LogP contribution in [0, 0.1) is 0 Å². The van der Waals surface area contributed by atoms with Gasteiger partial charge in [-0.25, -0.2) is 0 Å². The average Bonchev–Trinajstić information content (AvgIpc) is 3.38. The van der Waals surface area contributed by atoms with E-state index in [1.54, 1.807) is 18.0 Å². The van der Waals surface area contributed by atoms with E-state index in [1.165, 1.54) is 5.56 Å². The van der Waals surface area contributed by atoms with Crippen molar-refractivity contribution >= 4 is 11.8 Å². The SMILES string of the molecule is CCOc1ccccc1CSc1nnc(-c2ccco2)n1Cc1ccccc1. The third-order valence-corrected chi connectivity index (χ3v) is 5.29. The molecule has 5 nitrogen and oxygen atoms in total. The quantitative estimate of drug-likeness (QED) is 0.383. The lowest BCUT2D eigenvalue weighted by Gasteiger charge is -2.11. The number of benzene rings is 2. The maximum absolute atomic E-state index is 5.74. The van der Waals surface area contributed by atoms with Crippen LogP contribution in [0.5, 0.6) is 5.75 Å². The van der Waals surface area contributed by atoms with Gasteiger partial charge < -0.3 is 9.15 Å². The van der Waals surface area contributed by atoms with Crippen molar-refractivity contribution in [1.29, 1.82) is 0 Å². The van der Waals surface area contributed by atoms with Gasteiger partial charge >= 0.3 is 0 Å². The first-order valence-electron chi connectivity index (χ1n) is 9.19. The van der Waals surface area contributed by atoms with Crippen LogP contribution in [0.2, 0.25) is 0 Å². The standard InChI is InChI=1S/C22H21N3O2S/c1-2-26-19-12-7-6-11-18(19)16-28-22-24-23-21(20-13-8-14-27-20)25(22)15-17-9-4-3-5-10-17/h3-14H,2,15-16H2,1H3. The molecule has 2 aromatic heterocycles. The lowest BCUT2D eigenvalue weighted by molar-refractivity contribution is 0.337. The van der Waals surface area contributed by atoms with Gasteiger partial charge in [-0.15, -0.1) is 10.2 Å². The predicted molar refractivity (Wildman–Crippen MR) is 110 cm³/mol. The molecule has 0 fully saturated rings. The monoisotopic (exact) mass is 391 g/mol. The van der Waals surface area contributed by atoms with Crippen molar-refractivity contribution in [3.05, 3.63) is 84.1 Å². The molecule has 2 heterocycles. The first-order valence-corrected chi connectivity index (χ1v) is 10.2. The molecule has 0 bridgehead atoms. The van der Waals surface area contributed by atoms with E-state index >= 15 is 0 Å². The van der Waals surface area contributed by atoms with Crippen molar-refractivity contribution in [3.8, 4) is 17.3 Å². The molecule has 142 valence electrons. The van der Waals surface area contributed by atoms with Gasteiger partial charge in [0.1, 0.15) is 5.75 Å². The number of hydrogen-bond acceptors (Lipinski definition) is 5. The number of rotatable bonds is 8. The number of thioether (sulfide) groups is 1. The fraction of sp³-hybridized carbons (Fsp3) is 0.182. The number of nitrogens with zero attached hydrogens (tertiary/aromatic N) is 3. The Morgan fingerprint density at radius 3 is 2.57 bits per heavy atom. The third-order valence-electron chi connectivity index (χ3n) is 4.27. The molecular weight excluding hydrogens is 370 g/mol. The van der Waals surface area contributed by atoms with E-state index in [-0.39, 0.29) is 0 Å². The predicted octanol–water partition coefficient (Wildman–Crippen LogP) is 5.28. The molecule has 0 radical (unpaired) electrons. The number of ether oxygens (including phenoxy) is 1. The summed E-state index contributed by atoms with van der Waals surface area (Å²) in [6.07, 6.45) is 1.65. The molecule has 28 heavy (non-hydrogen) atoms. The maximum Gasteiger partial charge on any atom is 0.200 e. The highest BCUT2D eigenvalue weighted by Crippen LogP contribution is 2.30. The summed E-state index contributed by atoms with van der Waals surface area (Å²) in [6, 6.07) is 22.2. The van der Waals surface area contributed by atoms with Crippen LogP contribution in [0.3, 0.4) is 0 Å². The molecule has 0 atom stereocenters. The van der Waals surface area contributed by atoms with Crippen molar-refractivity contribution in [2.24, 2.45) is 0 Å². The first-order chi connectivity index (χ1) is 13.8. The Hall–Kier alpha value is -2.99. The van der Waals surface area contributed by atoms with Gasteiger partial charge in [0.25, 0.3) is 0 Å². The smallest absolute Gasteiger partial charge is 0.200 e. The second-order valence-electron chi connectivity index (χ2n) is 6.18. The molecule has 0 unspecified atom stereocenters. The fourth-order valence-electron chi connectivity index (χ4n) is 2.95. The minimum atomic E-state index is 0.647. The topological polar surface area (TPSA) is 53.1 Å². The summed E-state index contributed by atoms with van der Waals surface area (Å²) in [6.45, 7) is 3.32. The molecule has 6 heteroatoms. The normalized spacial score (nSPS) is 10.9. The zero-order valence-corrected chi connectivity index (χ0v) is 16.4. The summed E-state index contributed by atoms with van der Waals surface area (Å²) in [5, 5.41) is 9.68. The summed E-state index contributed by atoms with van der Waals surface area (Å²) in [4.78, 5) is 0. The Balaban J connectivity index is 1.62. The van der Waals surface area contributed by atoms with Gasteiger partial charge in [-0.05, 0) is 30.7 Å². The Morgan fingerprint density at radius 1 is 0.964 bits per heavy atom. The first kappa shape index (κ1) is 18.4. The van der Waals surface area contributed by atoms with Crippen molar-refractivity contribution < 1.29 is 9.15 Å². The average molecular weight is 391 g/mol. The van der Waals surface area contributed by atoms with E-state index in [0.29, 0.717) is 18.9 Å². The maximum atomic E-state index is 5.74. The van der Waals surface area contributed by atoms with Crippen LogP contribution in [-0.4, -0.2) is 21.4 Å². The molecule has 0 saturated heterocycles. The Morgan fingerprint density at radius 2 is 1.79 bits per heavy atom. The summed E-state index contributed by atoms with van der Waals surface area (Å²) < 4.78 is 13.4. The van der Waals surface area contributed by atoms with Crippen molar-refractivity contribution in [3.63, 3.8) is 0 Å². The largest absolute Gasteiger partial charge is 0.494 e. The van der Waals surface area contributed by atoms with Gasteiger partial charge in [0.05, 0.1) is 19.4 Å². The van der Waals surface area contributed by atoms with E-state index in [2.05, 4.69) is 33.0 Å². The van der Waals surface area contributed by atoms with Gasteiger partial charge in [0.15, 0.2) is 10.9 Å². The highest BCUT2D eigenvalue weighted by atomic mass is 32.2. The Bertz CT molecular complexity index is 1010. The molecule has 0 amide bonds. The highest BCUT2D eigenvalue weighted by molar-refractivity contribution is 7.98. The van der Waals surface area contributed by atoms with Gasteiger partial charge in [0.2, 0.25) is 5.82 Å². The molecule has 0 aliphatic heterocycles. The van der Waals surface area contributed by atoms with Crippen LogP contribution in [-0.2, 0) is 12.3 Å². The summed E-state index contributed by atoms with van der Waals surface area (Å²) in [7, 11) is 0. The summed E-state index contributed by atoms with van der Waals surface area (Å²) in [5.74, 6) is 3.11. The van der Waals surface area contributed by atoms with Crippen LogP contribution < -0.4 is 4.74 Å². The molecule has 4 rings (SSSR count). The third kappa shape index (κ3) is 4.12. The van der Waals surface area contributed by atoms with Crippen LogP contribution in [0.15, 0.2) is 82.6 Å². The number of furan rings is 1. The van der Waals surface area contributed by atoms with E-state index in [1.807, 2.05) is 55.5 Å². The van der Waals surface area contributed by atoms with Gasteiger partial charge in [-0.2, -0.15) is 0 Å². The van der Waals surface area contributed by atoms with Crippen LogP contribution in [0.25, 0.3) is 11.6 Å². The van der Waals surface area contributed by atoms with Gasteiger partial charge in [-0.1, -0.05) is 60.3 Å². The molecule has 0 saturated carbocycles. The molecule has 0 spiro atoms. The summed E-state index contributed by atoms with van der Waals surface area (Å²) in [5.41, 5.74) is 2.33. The van der Waals surface area contributed by atoms with E-state index in [9.17, 15) is 0 Å². The van der Waals surface area contributed by atoms with E-state index < -0.39 is 0 Å². The molecule has 2 aromatic carbocycles. The molecular formula is C22H21N3O2S. The zero-order chi connectivity index (χ0) is 19.2. The second kappa shape index (κ2) is 8.80. The van der Waals surface area contributed by atoms with Crippen molar-refractivity contribution in [1.82, 2.24) is 14.8 Å². The summed E-state index contributed by atoms with van der Waals surface area (Å²) >= 11 is 1.65. The van der Waals surface area contributed by atoms with E-state index in [0.717, 1.165) is 28.0 Å². The van der Waals surface area contributed by atoms with Gasteiger partial charge in [-0.3, -0.25) is 4.57 Å². The molecule has 0 aliphatic rings. The lowest BCUT2D eigenvalue weighted by atomic mass is 10.2. The minimum Gasteiger partial charge on any atom is -0.494 e. The number of hydrogen-bond donors (Lipinski definition) is 0. The Kier molecular flexibility index (Phi) is 5.77. The number of aromatic nitrogens is 3. The second-order valence-corrected chi connectivity index (χ2v) is 7.13. The van der Waals surface area contributed by atoms with Crippen LogP contribution in [0.1, 0.15) is 18.1 Å². The lowest BCUT2D eigenvalue weighted by Crippen LogP contribution is -2.04. The molecule has 0 N–H and O–H groups in total.